The van der Waals surface area contributed by atoms with Gasteiger partial charge in [-0.05, 0) is 24.6 Å². The number of likely N-dealkylation sites (N-methyl/N-ethyl adjacent to an activating group) is 1. The van der Waals surface area contributed by atoms with Crippen LogP contribution in [0.2, 0.25) is 0 Å². The van der Waals surface area contributed by atoms with E-state index in [1.807, 2.05) is 0 Å². The Labute approximate surface area is 142 Å². The molecule has 2 fully saturated rings. The molecule has 25 heavy (non-hydrogen) atoms. The van der Waals surface area contributed by atoms with E-state index in [0.717, 1.165) is 0 Å². The van der Waals surface area contributed by atoms with Gasteiger partial charge in [0.05, 0.1) is 6.04 Å². The molecule has 0 radical (unpaired) electrons. The van der Waals surface area contributed by atoms with Gasteiger partial charge in [-0.3, -0.25) is 4.79 Å². The molecule has 6 nitrogen and oxygen atoms in total. The van der Waals surface area contributed by atoms with E-state index in [9.17, 15) is 22.8 Å². The van der Waals surface area contributed by atoms with Gasteiger partial charge in [0.25, 0.3) is 0 Å². The molecule has 9 heteroatoms. The minimum absolute atomic E-state index is 0.0713. The van der Waals surface area contributed by atoms with E-state index in [-0.39, 0.29) is 30.3 Å². The number of urea groups is 1. The zero-order valence-electron chi connectivity index (χ0n) is 13.8. The number of carbonyl (C=O) groups excluding carboxylic acids is 2. The number of amides is 3. The summed E-state index contributed by atoms with van der Waals surface area (Å²) in [5.74, 6) is -0.401. The zero-order valence-corrected chi connectivity index (χ0v) is 13.8. The first kappa shape index (κ1) is 17.4. The summed E-state index contributed by atoms with van der Waals surface area (Å²) in [6.45, 7) is 2.92. The fraction of sp³-hybridized carbons (Fsp3) is 0.500. The van der Waals surface area contributed by atoms with Crippen LogP contribution in [0.1, 0.15) is 12.5 Å². The van der Waals surface area contributed by atoms with Gasteiger partial charge in [-0.25, -0.2) is 4.79 Å². The van der Waals surface area contributed by atoms with Crippen molar-refractivity contribution >= 4 is 11.9 Å². The number of benzene rings is 1. The fourth-order valence-electron chi connectivity index (χ4n) is 3.36. The molecule has 2 aliphatic heterocycles. The number of fused-ring (bicyclic) bond motifs is 1. The summed E-state index contributed by atoms with van der Waals surface area (Å²) >= 11 is 0. The smallest absolute Gasteiger partial charge is 0.406 e. The van der Waals surface area contributed by atoms with Gasteiger partial charge in [0, 0.05) is 26.7 Å². The molecule has 0 aliphatic carbocycles. The van der Waals surface area contributed by atoms with Crippen LogP contribution in [0.15, 0.2) is 24.3 Å². The van der Waals surface area contributed by atoms with Gasteiger partial charge in [-0.15, -0.1) is 13.2 Å². The number of halogens is 3. The number of rotatable bonds is 3. The largest absolute Gasteiger partial charge is 0.573 e. The van der Waals surface area contributed by atoms with E-state index in [1.165, 1.54) is 24.3 Å². The van der Waals surface area contributed by atoms with Gasteiger partial charge < -0.3 is 19.4 Å². The van der Waals surface area contributed by atoms with Gasteiger partial charge in [-0.2, -0.15) is 0 Å². The van der Waals surface area contributed by atoms with Gasteiger partial charge in [-0.1, -0.05) is 12.1 Å². The maximum absolute atomic E-state index is 12.6. The molecule has 0 unspecified atom stereocenters. The molecule has 1 aromatic rings. The van der Waals surface area contributed by atoms with Crippen LogP contribution in [0.3, 0.4) is 0 Å². The summed E-state index contributed by atoms with van der Waals surface area (Å²) in [5, 5.41) is 0. The third-order valence-corrected chi connectivity index (χ3v) is 4.48. The third-order valence-electron chi connectivity index (χ3n) is 4.48. The highest BCUT2D eigenvalue weighted by atomic mass is 19.4. The van der Waals surface area contributed by atoms with Crippen LogP contribution >= 0.6 is 0 Å². The predicted molar refractivity (Wildman–Crippen MR) is 81.7 cm³/mol. The molecule has 1 aromatic carbocycles. The molecule has 3 rings (SSSR count). The molecule has 0 spiro atoms. The Morgan fingerprint density at radius 1 is 1.16 bits per heavy atom. The van der Waals surface area contributed by atoms with E-state index in [4.69, 9.17) is 0 Å². The van der Waals surface area contributed by atoms with Crippen LogP contribution in [0.25, 0.3) is 0 Å². The lowest BCUT2D eigenvalue weighted by molar-refractivity contribution is -0.274. The highest BCUT2D eigenvalue weighted by Gasteiger charge is 2.46. The maximum atomic E-state index is 12.6. The average molecular weight is 357 g/mol. The fourth-order valence-corrected chi connectivity index (χ4v) is 3.36. The van der Waals surface area contributed by atoms with Crippen molar-refractivity contribution in [1.82, 2.24) is 14.7 Å². The molecule has 2 saturated heterocycles. The lowest BCUT2D eigenvalue weighted by Crippen LogP contribution is -2.58. The summed E-state index contributed by atoms with van der Waals surface area (Å²) in [6, 6.07) is 4.61. The van der Waals surface area contributed by atoms with Gasteiger partial charge in [0.2, 0.25) is 5.91 Å². The van der Waals surface area contributed by atoms with Crippen molar-refractivity contribution < 1.29 is 27.5 Å². The average Bonchev–Trinajstić information content (AvgIpc) is 2.81. The summed E-state index contributed by atoms with van der Waals surface area (Å²) in [6.07, 6.45) is -4.73. The minimum Gasteiger partial charge on any atom is -0.406 e. The topological polar surface area (TPSA) is 53.1 Å². The van der Waals surface area contributed by atoms with Gasteiger partial charge in [0.15, 0.2) is 0 Å². The molecule has 136 valence electrons. The number of carbonyl (C=O) groups is 2. The van der Waals surface area contributed by atoms with Crippen LogP contribution in [0.5, 0.6) is 5.75 Å². The first-order valence-electron chi connectivity index (χ1n) is 7.82. The summed E-state index contributed by atoms with van der Waals surface area (Å²) < 4.78 is 40.4. The number of nitrogens with zero attached hydrogens (tertiary/aromatic N) is 3. The Morgan fingerprint density at radius 2 is 1.80 bits per heavy atom. The molecule has 2 aliphatic rings. The Kier molecular flexibility index (Phi) is 4.26. The van der Waals surface area contributed by atoms with Crippen LogP contribution < -0.4 is 4.74 Å². The number of hydrogen-bond acceptors (Lipinski definition) is 3. The lowest BCUT2D eigenvalue weighted by Gasteiger charge is -2.38. The Balaban J connectivity index is 1.68. The first-order valence-corrected chi connectivity index (χ1v) is 7.82. The Morgan fingerprint density at radius 3 is 2.40 bits per heavy atom. The number of ether oxygens (including phenoxy) is 1. The Hall–Kier alpha value is -2.45. The first-order chi connectivity index (χ1) is 11.7. The predicted octanol–water partition coefficient (Wildman–Crippen LogP) is 2.05. The van der Waals surface area contributed by atoms with E-state index < -0.39 is 12.4 Å². The molecule has 2 atom stereocenters. The molecule has 3 amide bonds. The van der Waals surface area contributed by atoms with E-state index in [0.29, 0.717) is 18.7 Å². The van der Waals surface area contributed by atoms with Crippen LogP contribution in [0, 0.1) is 0 Å². The van der Waals surface area contributed by atoms with Crippen molar-refractivity contribution in [2.45, 2.75) is 31.9 Å². The molecule has 0 saturated carbocycles. The highest BCUT2D eigenvalue weighted by Crippen LogP contribution is 2.27. The van der Waals surface area contributed by atoms with Crippen LogP contribution in [0.4, 0.5) is 18.0 Å². The number of alkyl halides is 3. The normalized spacial score (nSPS) is 24.0. The van der Waals surface area contributed by atoms with Crippen molar-refractivity contribution in [1.29, 1.82) is 0 Å². The molecule has 0 bridgehead atoms. The van der Waals surface area contributed by atoms with Crippen molar-refractivity contribution in [3.8, 4) is 5.75 Å². The minimum atomic E-state index is -4.73. The maximum Gasteiger partial charge on any atom is 0.573 e. The summed E-state index contributed by atoms with van der Waals surface area (Å²) in [4.78, 5) is 29.4. The second kappa shape index (κ2) is 6.12. The zero-order chi connectivity index (χ0) is 18.4. The van der Waals surface area contributed by atoms with Crippen LogP contribution in [-0.4, -0.2) is 65.2 Å². The third kappa shape index (κ3) is 3.49. The second-order valence-corrected chi connectivity index (χ2v) is 6.31. The SMILES string of the molecule is C[C@H]1C(=O)N(C)C[C@@H]2CN(Cc3ccc(OC(F)(F)F)cc3)C(=O)N21. The van der Waals surface area contributed by atoms with Crippen molar-refractivity contribution in [2.24, 2.45) is 0 Å². The standard InChI is InChI=1S/C16H18F3N3O3/c1-10-14(23)20(2)8-12-9-21(15(24)22(10)12)7-11-3-5-13(6-4-11)25-16(17,18)19/h3-6,10,12H,7-9H2,1-2H3/t10-,12+/m0/s1. The molecule has 2 heterocycles. The molecular weight excluding hydrogens is 339 g/mol. The summed E-state index contributed by atoms with van der Waals surface area (Å²) in [5.41, 5.74) is 0.690. The molecule has 0 N–H and O–H groups in total. The van der Waals surface area contributed by atoms with E-state index >= 15 is 0 Å². The highest BCUT2D eigenvalue weighted by molar-refractivity contribution is 5.89. The van der Waals surface area contributed by atoms with Crippen molar-refractivity contribution in [3.05, 3.63) is 29.8 Å². The van der Waals surface area contributed by atoms with E-state index in [1.54, 1.807) is 28.7 Å². The molecular formula is C16H18F3N3O3. The molecule has 0 aromatic heterocycles. The van der Waals surface area contributed by atoms with Gasteiger partial charge >= 0.3 is 12.4 Å². The van der Waals surface area contributed by atoms with Crippen molar-refractivity contribution in [3.63, 3.8) is 0 Å². The Bertz CT molecular complexity index is 677. The summed E-state index contributed by atoms with van der Waals surface area (Å²) in [7, 11) is 1.71. The lowest BCUT2D eigenvalue weighted by atomic mass is 10.1. The van der Waals surface area contributed by atoms with Crippen molar-refractivity contribution in [2.75, 3.05) is 20.1 Å². The number of piperazine rings is 1. The monoisotopic (exact) mass is 357 g/mol. The second-order valence-electron chi connectivity index (χ2n) is 6.31. The van der Waals surface area contributed by atoms with Gasteiger partial charge in [0.1, 0.15) is 11.8 Å². The van der Waals surface area contributed by atoms with E-state index in [2.05, 4.69) is 4.74 Å². The quantitative estimate of drug-likeness (QED) is 0.832. The van der Waals surface area contributed by atoms with Crippen LogP contribution in [-0.2, 0) is 11.3 Å². The number of hydrogen-bond donors (Lipinski definition) is 0.